The van der Waals surface area contributed by atoms with Gasteiger partial charge in [0.2, 0.25) is 0 Å². The molecule has 0 heterocycles. The van der Waals surface area contributed by atoms with Crippen molar-refractivity contribution in [3.63, 3.8) is 0 Å². The molecule has 0 amide bonds. The number of carbonyl (C=O) groups is 1. The number of hydrogen-bond acceptors (Lipinski definition) is 3. The lowest BCUT2D eigenvalue weighted by Gasteiger charge is -1.89. The molecule has 0 atom stereocenters. The average Bonchev–Trinajstić information content (AvgIpc) is 1.68. The molecule has 0 aromatic heterocycles. The van der Waals surface area contributed by atoms with Crippen LogP contribution in [0.15, 0.2) is 12.7 Å². The van der Waals surface area contributed by atoms with Crippen LogP contribution in [-0.4, -0.2) is 23.3 Å². The van der Waals surface area contributed by atoms with Gasteiger partial charge in [0.15, 0.2) is 6.79 Å². The number of aliphatic hydroxyl groups is 1. The lowest BCUT2D eigenvalue weighted by molar-refractivity contribution is -0.145. The van der Waals surface area contributed by atoms with Crippen molar-refractivity contribution in [1.82, 2.24) is 0 Å². The number of esters is 1. The number of ether oxygens (including phenoxy) is 1. The van der Waals surface area contributed by atoms with Gasteiger partial charge in [0.25, 0.3) is 0 Å². The molecule has 4 nitrogen and oxygen atoms in total. The Hall–Kier alpha value is -0.870. The van der Waals surface area contributed by atoms with Crippen molar-refractivity contribution in [1.29, 1.82) is 0 Å². The van der Waals surface area contributed by atoms with E-state index in [0.717, 1.165) is 6.08 Å². The fourth-order valence-corrected chi connectivity index (χ4v) is 0.123. The summed E-state index contributed by atoms with van der Waals surface area (Å²) in [5.41, 5.74) is 0. The van der Waals surface area contributed by atoms with E-state index < -0.39 is 12.8 Å². The predicted molar refractivity (Wildman–Crippen MR) is 27.0 cm³/mol. The number of rotatable bonds is 2. The van der Waals surface area contributed by atoms with E-state index in [9.17, 15) is 4.79 Å². The summed E-state index contributed by atoms with van der Waals surface area (Å²) >= 11 is 0. The Bertz CT molecular complexity index is 78.1. The van der Waals surface area contributed by atoms with Crippen LogP contribution in [0.3, 0.4) is 0 Å². The van der Waals surface area contributed by atoms with Crippen LogP contribution in [0.4, 0.5) is 0 Å². The molecule has 0 saturated carbocycles. The minimum Gasteiger partial charge on any atom is -0.436 e. The molecule has 0 rings (SSSR count). The Morgan fingerprint density at radius 1 is 1.88 bits per heavy atom. The highest BCUT2D eigenvalue weighted by atomic mass is 16.6. The van der Waals surface area contributed by atoms with E-state index in [2.05, 4.69) is 11.3 Å². The van der Waals surface area contributed by atoms with Crippen LogP contribution in [0.5, 0.6) is 0 Å². The molecule has 3 N–H and O–H groups in total. The quantitative estimate of drug-likeness (QED) is 0.283. The van der Waals surface area contributed by atoms with E-state index in [1.54, 1.807) is 0 Å². The summed E-state index contributed by atoms with van der Waals surface area (Å²) < 4.78 is 3.99. The van der Waals surface area contributed by atoms with Crippen molar-refractivity contribution < 1.29 is 20.1 Å². The standard InChI is InChI=1S/C4H6O3.H2O/c1-2-4(6)7-3-5;/h2,5H,1,3H2;1H2. The highest BCUT2D eigenvalue weighted by Gasteiger charge is 1.87. The molecule has 0 aliphatic carbocycles. The summed E-state index contributed by atoms with van der Waals surface area (Å²) in [6.07, 6.45) is 0.982. The molecule has 0 aromatic carbocycles. The Labute approximate surface area is 46.7 Å². The van der Waals surface area contributed by atoms with Gasteiger partial charge in [0, 0.05) is 6.08 Å². The van der Waals surface area contributed by atoms with E-state index in [4.69, 9.17) is 5.11 Å². The van der Waals surface area contributed by atoms with E-state index in [-0.39, 0.29) is 5.48 Å². The van der Waals surface area contributed by atoms with Crippen LogP contribution in [0.2, 0.25) is 0 Å². The van der Waals surface area contributed by atoms with Gasteiger partial charge in [0.05, 0.1) is 0 Å². The van der Waals surface area contributed by atoms with Crippen LogP contribution in [0.25, 0.3) is 0 Å². The molecule has 0 unspecified atom stereocenters. The second-order valence-corrected chi connectivity index (χ2v) is 0.797. The first-order chi connectivity index (χ1) is 3.31. The first kappa shape index (κ1) is 10.2. The van der Waals surface area contributed by atoms with Crippen molar-refractivity contribution >= 4 is 5.97 Å². The molecule has 0 fully saturated rings. The lowest BCUT2D eigenvalue weighted by Crippen LogP contribution is -1.99. The molecule has 0 saturated heterocycles. The molecule has 0 spiro atoms. The molecule has 8 heavy (non-hydrogen) atoms. The van der Waals surface area contributed by atoms with Crippen molar-refractivity contribution in [2.75, 3.05) is 6.79 Å². The SMILES string of the molecule is C=CC(=O)OCO.O. The van der Waals surface area contributed by atoms with Crippen LogP contribution >= 0.6 is 0 Å². The molecule has 0 radical (unpaired) electrons. The number of aliphatic hydroxyl groups excluding tert-OH is 1. The molecular weight excluding hydrogens is 112 g/mol. The zero-order valence-electron chi connectivity index (χ0n) is 4.26. The number of carbonyl (C=O) groups excluding carboxylic acids is 1. The van der Waals surface area contributed by atoms with Gasteiger partial charge in [-0.1, -0.05) is 6.58 Å². The van der Waals surface area contributed by atoms with Gasteiger partial charge in [-0.2, -0.15) is 0 Å². The van der Waals surface area contributed by atoms with Gasteiger partial charge in [-0.3, -0.25) is 0 Å². The fraction of sp³-hybridized carbons (Fsp3) is 0.250. The summed E-state index contributed by atoms with van der Waals surface area (Å²) in [6.45, 7) is 2.52. The smallest absolute Gasteiger partial charge is 0.332 e. The van der Waals surface area contributed by atoms with Crippen molar-refractivity contribution in [3.05, 3.63) is 12.7 Å². The Morgan fingerprint density at radius 3 is 2.50 bits per heavy atom. The maximum atomic E-state index is 9.91. The van der Waals surface area contributed by atoms with Gasteiger partial charge in [0.1, 0.15) is 0 Å². The van der Waals surface area contributed by atoms with E-state index in [0.29, 0.717) is 0 Å². The normalized spacial score (nSPS) is 6.62. The highest BCUT2D eigenvalue weighted by Crippen LogP contribution is 1.72. The molecular formula is C4H8O4. The number of hydrogen-bond donors (Lipinski definition) is 1. The van der Waals surface area contributed by atoms with Crippen LogP contribution in [-0.2, 0) is 9.53 Å². The highest BCUT2D eigenvalue weighted by molar-refractivity contribution is 5.81. The zero-order valence-corrected chi connectivity index (χ0v) is 4.26. The zero-order chi connectivity index (χ0) is 5.70. The van der Waals surface area contributed by atoms with E-state index in [1.807, 2.05) is 0 Å². The van der Waals surface area contributed by atoms with Crippen molar-refractivity contribution in [2.24, 2.45) is 0 Å². The molecule has 4 heteroatoms. The summed E-state index contributed by atoms with van der Waals surface area (Å²) in [5, 5.41) is 7.88. The average molecular weight is 120 g/mol. The van der Waals surface area contributed by atoms with Crippen LogP contribution in [0.1, 0.15) is 0 Å². The molecule has 0 aromatic rings. The van der Waals surface area contributed by atoms with Gasteiger partial charge in [-0.25, -0.2) is 4.79 Å². The van der Waals surface area contributed by atoms with Crippen LogP contribution < -0.4 is 0 Å². The predicted octanol–water partition coefficient (Wildman–Crippen LogP) is -1.16. The largest absolute Gasteiger partial charge is 0.436 e. The second-order valence-electron chi connectivity index (χ2n) is 0.797. The van der Waals surface area contributed by atoms with E-state index >= 15 is 0 Å². The van der Waals surface area contributed by atoms with Gasteiger partial charge >= 0.3 is 5.97 Å². The second kappa shape index (κ2) is 6.13. The third-order valence-electron chi connectivity index (χ3n) is 0.373. The minimum absolute atomic E-state index is 0. The monoisotopic (exact) mass is 120 g/mol. The van der Waals surface area contributed by atoms with Crippen molar-refractivity contribution in [2.45, 2.75) is 0 Å². The van der Waals surface area contributed by atoms with Gasteiger partial charge in [-0.15, -0.1) is 0 Å². The first-order valence-corrected chi connectivity index (χ1v) is 1.71. The Balaban J connectivity index is 0. The lowest BCUT2D eigenvalue weighted by atomic mass is 10.7. The fourth-order valence-electron chi connectivity index (χ4n) is 0.123. The summed E-state index contributed by atoms with van der Waals surface area (Å²) in [4.78, 5) is 9.91. The minimum atomic E-state index is -0.609. The maximum Gasteiger partial charge on any atom is 0.332 e. The van der Waals surface area contributed by atoms with Crippen LogP contribution in [0, 0.1) is 0 Å². The molecule has 0 aliphatic rings. The summed E-state index contributed by atoms with van der Waals surface area (Å²) in [5.74, 6) is -0.609. The third kappa shape index (κ3) is 5.13. The van der Waals surface area contributed by atoms with E-state index in [1.165, 1.54) is 0 Å². The van der Waals surface area contributed by atoms with Gasteiger partial charge in [-0.05, 0) is 0 Å². The molecule has 0 bridgehead atoms. The Kier molecular flexibility index (Phi) is 7.80. The summed E-state index contributed by atoms with van der Waals surface area (Å²) in [6, 6.07) is 0. The van der Waals surface area contributed by atoms with Crippen molar-refractivity contribution in [3.8, 4) is 0 Å². The molecule has 0 aliphatic heterocycles. The van der Waals surface area contributed by atoms with Gasteiger partial charge < -0.3 is 15.3 Å². The first-order valence-electron chi connectivity index (χ1n) is 1.71. The summed E-state index contributed by atoms with van der Waals surface area (Å²) in [7, 11) is 0. The topological polar surface area (TPSA) is 78.0 Å². The molecule has 48 valence electrons. The third-order valence-corrected chi connectivity index (χ3v) is 0.373. The Morgan fingerprint density at radius 2 is 2.38 bits per heavy atom. The maximum absolute atomic E-state index is 9.91.